The lowest BCUT2D eigenvalue weighted by atomic mass is 10.2. The number of nitrogens with zero attached hydrogens (tertiary/aromatic N) is 1. The van der Waals surface area contributed by atoms with Gasteiger partial charge in [-0.1, -0.05) is 29.3 Å². The zero-order valence-corrected chi connectivity index (χ0v) is 11.1. The number of nitrogens with one attached hydrogen (secondary N) is 1. The topological polar surface area (TPSA) is 49.4 Å². The second-order valence-corrected chi connectivity index (χ2v) is 4.90. The van der Waals surface area contributed by atoms with Gasteiger partial charge in [-0.15, -0.1) is 0 Å². The van der Waals surface area contributed by atoms with Crippen LogP contribution in [0.4, 0.5) is 0 Å². The summed E-state index contributed by atoms with van der Waals surface area (Å²) >= 11 is 11.8. The molecule has 1 aromatic carbocycles. The molecule has 0 aliphatic carbocycles. The zero-order valence-electron chi connectivity index (χ0n) is 9.58. The van der Waals surface area contributed by atoms with Gasteiger partial charge in [0.05, 0.1) is 16.6 Å². The van der Waals surface area contributed by atoms with E-state index >= 15 is 0 Å². The van der Waals surface area contributed by atoms with Crippen molar-refractivity contribution in [1.29, 1.82) is 0 Å². The van der Waals surface area contributed by atoms with Crippen LogP contribution in [-0.4, -0.2) is 29.8 Å². The van der Waals surface area contributed by atoms with Gasteiger partial charge in [-0.3, -0.25) is 9.59 Å². The number of amides is 2. The highest BCUT2D eigenvalue weighted by molar-refractivity contribution is 6.42. The maximum absolute atomic E-state index is 11.8. The Morgan fingerprint density at radius 1 is 1.22 bits per heavy atom. The molecule has 1 aliphatic heterocycles. The molecule has 1 aliphatic rings. The molecule has 2 amide bonds. The standard InChI is InChI=1S/C12H12Cl2N2O2/c13-9-2-1-8(5-10(9)14)7-16-4-3-11(17)15-6-12(16)18/h1-2,5H,3-4,6-7H2,(H,15,17). The van der Waals surface area contributed by atoms with Crippen LogP contribution in [0, 0.1) is 0 Å². The highest BCUT2D eigenvalue weighted by Gasteiger charge is 2.20. The molecular formula is C12H12Cl2N2O2. The predicted octanol–water partition coefficient (Wildman–Crippen LogP) is 1.84. The maximum atomic E-state index is 11.8. The van der Waals surface area contributed by atoms with Gasteiger partial charge in [-0.25, -0.2) is 0 Å². The highest BCUT2D eigenvalue weighted by Crippen LogP contribution is 2.23. The van der Waals surface area contributed by atoms with Crippen LogP contribution in [-0.2, 0) is 16.1 Å². The van der Waals surface area contributed by atoms with E-state index < -0.39 is 0 Å². The van der Waals surface area contributed by atoms with Crippen LogP contribution in [0.3, 0.4) is 0 Å². The maximum Gasteiger partial charge on any atom is 0.242 e. The Labute approximate surface area is 115 Å². The Bertz CT molecular complexity index is 491. The van der Waals surface area contributed by atoms with Gasteiger partial charge in [0.1, 0.15) is 0 Å². The first-order chi connectivity index (χ1) is 8.56. The van der Waals surface area contributed by atoms with E-state index in [4.69, 9.17) is 23.2 Å². The molecular weight excluding hydrogens is 275 g/mol. The van der Waals surface area contributed by atoms with E-state index in [0.717, 1.165) is 5.56 Å². The minimum atomic E-state index is -0.0972. The summed E-state index contributed by atoms with van der Waals surface area (Å²) in [6, 6.07) is 5.25. The van der Waals surface area contributed by atoms with Crippen LogP contribution < -0.4 is 5.32 Å². The van der Waals surface area contributed by atoms with Crippen LogP contribution in [0.25, 0.3) is 0 Å². The Balaban J connectivity index is 2.09. The number of carbonyl (C=O) groups excluding carboxylic acids is 2. The number of carbonyl (C=O) groups is 2. The molecule has 0 aromatic heterocycles. The van der Waals surface area contributed by atoms with Crippen molar-refractivity contribution < 1.29 is 9.59 Å². The molecule has 1 heterocycles. The zero-order chi connectivity index (χ0) is 13.1. The van der Waals surface area contributed by atoms with Crippen LogP contribution in [0.1, 0.15) is 12.0 Å². The molecule has 1 N–H and O–H groups in total. The third-order valence-electron chi connectivity index (χ3n) is 2.76. The predicted molar refractivity (Wildman–Crippen MR) is 69.5 cm³/mol. The van der Waals surface area contributed by atoms with Crippen molar-refractivity contribution in [3.8, 4) is 0 Å². The largest absolute Gasteiger partial charge is 0.347 e. The average molecular weight is 287 g/mol. The molecule has 1 aromatic rings. The second kappa shape index (κ2) is 5.59. The molecule has 4 nitrogen and oxygen atoms in total. The molecule has 1 saturated heterocycles. The number of hydrogen-bond acceptors (Lipinski definition) is 2. The van der Waals surface area contributed by atoms with E-state index in [1.165, 1.54) is 0 Å². The monoisotopic (exact) mass is 286 g/mol. The summed E-state index contributed by atoms with van der Waals surface area (Å²) in [5.74, 6) is -0.188. The van der Waals surface area contributed by atoms with Gasteiger partial charge < -0.3 is 10.2 Å². The summed E-state index contributed by atoms with van der Waals surface area (Å²) in [5, 5.41) is 3.50. The highest BCUT2D eigenvalue weighted by atomic mass is 35.5. The fourth-order valence-electron chi connectivity index (χ4n) is 1.76. The van der Waals surface area contributed by atoms with E-state index in [1.807, 2.05) is 6.07 Å². The number of rotatable bonds is 2. The van der Waals surface area contributed by atoms with Crippen LogP contribution in [0.2, 0.25) is 10.0 Å². The lowest BCUT2D eigenvalue weighted by molar-refractivity contribution is -0.130. The summed E-state index contributed by atoms with van der Waals surface area (Å²) < 4.78 is 0. The van der Waals surface area contributed by atoms with Crippen LogP contribution in [0.5, 0.6) is 0 Å². The average Bonchev–Trinajstić information content (AvgIpc) is 2.49. The molecule has 0 atom stereocenters. The van der Waals surface area contributed by atoms with Crippen molar-refractivity contribution in [2.45, 2.75) is 13.0 Å². The van der Waals surface area contributed by atoms with Crippen molar-refractivity contribution in [2.75, 3.05) is 13.1 Å². The molecule has 2 rings (SSSR count). The van der Waals surface area contributed by atoms with Gasteiger partial charge in [-0.2, -0.15) is 0 Å². The van der Waals surface area contributed by atoms with Gasteiger partial charge >= 0.3 is 0 Å². The Kier molecular flexibility index (Phi) is 4.09. The quantitative estimate of drug-likeness (QED) is 0.902. The van der Waals surface area contributed by atoms with Crippen molar-refractivity contribution in [3.63, 3.8) is 0 Å². The third-order valence-corrected chi connectivity index (χ3v) is 3.49. The molecule has 0 radical (unpaired) electrons. The Morgan fingerprint density at radius 3 is 2.72 bits per heavy atom. The first kappa shape index (κ1) is 13.2. The Hall–Kier alpha value is -1.26. The summed E-state index contributed by atoms with van der Waals surface area (Å²) in [7, 11) is 0. The van der Waals surface area contributed by atoms with Gasteiger partial charge in [0, 0.05) is 19.5 Å². The molecule has 0 bridgehead atoms. The lowest BCUT2D eigenvalue weighted by Gasteiger charge is -2.19. The van der Waals surface area contributed by atoms with Crippen molar-refractivity contribution in [2.24, 2.45) is 0 Å². The van der Waals surface area contributed by atoms with Crippen molar-refractivity contribution in [3.05, 3.63) is 33.8 Å². The molecule has 96 valence electrons. The minimum Gasteiger partial charge on any atom is -0.347 e. The number of benzene rings is 1. The lowest BCUT2D eigenvalue weighted by Crippen LogP contribution is -2.34. The smallest absolute Gasteiger partial charge is 0.242 e. The molecule has 1 fully saturated rings. The number of halogens is 2. The van der Waals surface area contributed by atoms with Crippen molar-refractivity contribution >= 4 is 35.0 Å². The molecule has 0 unspecified atom stereocenters. The van der Waals surface area contributed by atoms with E-state index in [-0.39, 0.29) is 18.4 Å². The fourth-order valence-corrected chi connectivity index (χ4v) is 2.08. The van der Waals surface area contributed by atoms with E-state index in [2.05, 4.69) is 5.32 Å². The summed E-state index contributed by atoms with van der Waals surface area (Å²) in [6.07, 6.45) is 0.326. The summed E-state index contributed by atoms with van der Waals surface area (Å²) in [5.41, 5.74) is 0.895. The molecule has 0 saturated carbocycles. The SMILES string of the molecule is O=C1CCN(Cc2ccc(Cl)c(Cl)c2)C(=O)CN1. The first-order valence-corrected chi connectivity index (χ1v) is 6.30. The van der Waals surface area contributed by atoms with Gasteiger partial charge in [-0.05, 0) is 17.7 Å². The molecule has 0 spiro atoms. The van der Waals surface area contributed by atoms with Crippen molar-refractivity contribution in [1.82, 2.24) is 10.2 Å². The molecule has 6 heteroatoms. The summed E-state index contributed by atoms with van der Waals surface area (Å²) in [6.45, 7) is 0.912. The second-order valence-electron chi connectivity index (χ2n) is 4.09. The normalized spacial score (nSPS) is 16.4. The number of hydrogen-bond donors (Lipinski definition) is 1. The van der Waals surface area contributed by atoms with E-state index in [1.54, 1.807) is 17.0 Å². The molecule has 18 heavy (non-hydrogen) atoms. The van der Waals surface area contributed by atoms with Crippen LogP contribution >= 0.6 is 23.2 Å². The van der Waals surface area contributed by atoms with Gasteiger partial charge in [0.2, 0.25) is 11.8 Å². The third kappa shape index (κ3) is 3.15. The Morgan fingerprint density at radius 2 is 2.00 bits per heavy atom. The fraction of sp³-hybridized carbons (Fsp3) is 0.333. The summed E-state index contributed by atoms with van der Waals surface area (Å²) in [4.78, 5) is 24.6. The minimum absolute atomic E-state index is 0.0557. The van der Waals surface area contributed by atoms with E-state index in [0.29, 0.717) is 29.6 Å². The van der Waals surface area contributed by atoms with Crippen LogP contribution in [0.15, 0.2) is 18.2 Å². The van der Waals surface area contributed by atoms with Gasteiger partial charge in [0.15, 0.2) is 0 Å². The van der Waals surface area contributed by atoms with Gasteiger partial charge in [0.25, 0.3) is 0 Å². The van der Waals surface area contributed by atoms with E-state index in [9.17, 15) is 9.59 Å². The first-order valence-electron chi connectivity index (χ1n) is 5.54.